The molecular formula is C15H21Cl2N. The van der Waals surface area contributed by atoms with Gasteiger partial charge in [0, 0.05) is 29.4 Å². The van der Waals surface area contributed by atoms with E-state index in [1.807, 2.05) is 12.1 Å². The Kier molecular flexibility index (Phi) is 4.80. The molecule has 1 aromatic rings. The number of alkyl halides is 1. The summed E-state index contributed by atoms with van der Waals surface area (Å²) in [6.07, 6.45) is 5.29. The summed E-state index contributed by atoms with van der Waals surface area (Å²) in [6.45, 7) is 2.35. The van der Waals surface area contributed by atoms with Gasteiger partial charge in [-0.15, -0.1) is 11.6 Å². The largest absolute Gasteiger partial charge is 0.371 e. The molecule has 2 unspecified atom stereocenters. The first-order valence-electron chi connectivity index (χ1n) is 6.71. The molecule has 2 rings (SSSR count). The Morgan fingerprint density at radius 3 is 2.67 bits per heavy atom. The monoisotopic (exact) mass is 285 g/mol. The second kappa shape index (κ2) is 6.16. The third-order valence-corrected chi connectivity index (χ3v) is 4.79. The molecule has 0 amide bonds. The molecule has 1 nitrogen and oxygen atoms in total. The maximum absolute atomic E-state index is 6.24. The smallest absolute Gasteiger partial charge is 0.0509 e. The molecule has 0 aromatic heterocycles. The second-order valence-electron chi connectivity index (χ2n) is 5.31. The summed E-state index contributed by atoms with van der Waals surface area (Å²) >= 11 is 12.3. The molecule has 0 bridgehead atoms. The summed E-state index contributed by atoms with van der Waals surface area (Å²) in [4.78, 5) is 2.38. The van der Waals surface area contributed by atoms with Gasteiger partial charge in [-0.1, -0.05) is 37.4 Å². The van der Waals surface area contributed by atoms with Crippen LogP contribution in [0.5, 0.6) is 0 Å². The second-order valence-corrected chi connectivity index (χ2v) is 5.99. The molecule has 3 heteroatoms. The lowest BCUT2D eigenvalue weighted by Crippen LogP contribution is -2.39. The minimum absolute atomic E-state index is 0.473. The molecular weight excluding hydrogens is 265 g/mol. The van der Waals surface area contributed by atoms with Gasteiger partial charge in [-0.3, -0.25) is 0 Å². The number of halogens is 2. The maximum atomic E-state index is 6.24. The minimum atomic E-state index is 0.473. The molecule has 0 heterocycles. The van der Waals surface area contributed by atoms with Gasteiger partial charge >= 0.3 is 0 Å². The summed E-state index contributed by atoms with van der Waals surface area (Å²) in [6, 6.07) is 6.67. The van der Waals surface area contributed by atoms with Crippen molar-refractivity contribution in [3.8, 4) is 0 Å². The van der Waals surface area contributed by atoms with Crippen LogP contribution < -0.4 is 4.90 Å². The van der Waals surface area contributed by atoms with Crippen LogP contribution in [0.4, 0.5) is 5.69 Å². The van der Waals surface area contributed by atoms with E-state index in [4.69, 9.17) is 23.2 Å². The molecule has 0 aliphatic heterocycles. The zero-order valence-electron chi connectivity index (χ0n) is 11.1. The molecule has 0 spiro atoms. The zero-order chi connectivity index (χ0) is 13.1. The van der Waals surface area contributed by atoms with Crippen molar-refractivity contribution < 1.29 is 0 Å². The minimum Gasteiger partial charge on any atom is -0.371 e. The van der Waals surface area contributed by atoms with Gasteiger partial charge in [0.2, 0.25) is 0 Å². The van der Waals surface area contributed by atoms with Crippen molar-refractivity contribution in [2.75, 3.05) is 11.9 Å². The van der Waals surface area contributed by atoms with Crippen molar-refractivity contribution in [2.24, 2.45) is 5.92 Å². The van der Waals surface area contributed by atoms with Gasteiger partial charge in [-0.2, -0.15) is 0 Å². The number of rotatable bonds is 3. The Balaban J connectivity index is 2.27. The predicted molar refractivity (Wildman–Crippen MR) is 80.8 cm³/mol. The average molecular weight is 286 g/mol. The van der Waals surface area contributed by atoms with Crippen LogP contribution in [0.3, 0.4) is 0 Å². The van der Waals surface area contributed by atoms with Gasteiger partial charge in [0.1, 0.15) is 0 Å². The maximum Gasteiger partial charge on any atom is 0.0509 e. The molecule has 1 aliphatic carbocycles. The molecule has 1 aliphatic rings. The highest BCUT2D eigenvalue weighted by Gasteiger charge is 2.26. The summed E-state index contributed by atoms with van der Waals surface area (Å²) < 4.78 is 0. The number of nitrogens with zero attached hydrogens (tertiary/aromatic N) is 1. The Hall–Kier alpha value is -0.400. The molecule has 2 atom stereocenters. The third-order valence-electron chi connectivity index (χ3n) is 4.17. The molecule has 1 aromatic carbocycles. The van der Waals surface area contributed by atoms with E-state index < -0.39 is 0 Å². The molecule has 0 radical (unpaired) electrons. The summed E-state index contributed by atoms with van der Waals surface area (Å²) in [5.41, 5.74) is 2.25. The van der Waals surface area contributed by atoms with Crippen LogP contribution in [0.2, 0.25) is 5.02 Å². The van der Waals surface area contributed by atoms with Gasteiger partial charge in [-0.25, -0.2) is 0 Å². The van der Waals surface area contributed by atoms with Crippen LogP contribution in [0.1, 0.15) is 38.2 Å². The third kappa shape index (κ3) is 2.78. The first kappa shape index (κ1) is 14.0. The number of hydrogen-bond acceptors (Lipinski definition) is 1. The lowest BCUT2D eigenvalue weighted by molar-refractivity contribution is 0.321. The first-order chi connectivity index (χ1) is 8.65. The molecule has 18 heavy (non-hydrogen) atoms. The van der Waals surface area contributed by atoms with E-state index in [1.165, 1.54) is 31.4 Å². The van der Waals surface area contributed by atoms with Crippen molar-refractivity contribution in [3.05, 3.63) is 28.8 Å². The fourth-order valence-electron chi connectivity index (χ4n) is 3.06. The quantitative estimate of drug-likeness (QED) is 0.699. The van der Waals surface area contributed by atoms with Gasteiger partial charge in [0.05, 0.1) is 5.88 Å². The van der Waals surface area contributed by atoms with Crippen LogP contribution >= 0.6 is 23.2 Å². The first-order valence-corrected chi connectivity index (χ1v) is 7.62. The van der Waals surface area contributed by atoms with Gasteiger partial charge in [-0.05, 0) is 30.9 Å². The Morgan fingerprint density at radius 2 is 2.00 bits per heavy atom. The fourth-order valence-corrected chi connectivity index (χ4v) is 3.65. The highest BCUT2D eigenvalue weighted by Crippen LogP contribution is 2.34. The Labute approximate surface area is 120 Å². The van der Waals surface area contributed by atoms with Gasteiger partial charge in [0.25, 0.3) is 0 Å². The standard InChI is InChI=1S/C15H21Cl2N/c1-11-6-3-4-8-14(11)18(2)15-9-5-7-13(17)12(15)10-16/h5,7,9,11,14H,3-4,6,8,10H2,1-2H3. The Bertz CT molecular complexity index is 405. The number of anilines is 1. The van der Waals surface area contributed by atoms with Crippen LogP contribution in [-0.2, 0) is 5.88 Å². The molecule has 100 valence electrons. The summed E-state index contributed by atoms with van der Waals surface area (Å²) in [7, 11) is 2.17. The van der Waals surface area contributed by atoms with E-state index in [-0.39, 0.29) is 0 Å². The van der Waals surface area contributed by atoms with E-state index in [2.05, 4.69) is 24.9 Å². The zero-order valence-corrected chi connectivity index (χ0v) is 12.6. The lowest BCUT2D eigenvalue weighted by Gasteiger charge is -2.38. The van der Waals surface area contributed by atoms with E-state index >= 15 is 0 Å². The molecule has 1 fully saturated rings. The van der Waals surface area contributed by atoms with Crippen molar-refractivity contribution in [3.63, 3.8) is 0 Å². The van der Waals surface area contributed by atoms with Crippen molar-refractivity contribution in [2.45, 2.75) is 44.5 Å². The van der Waals surface area contributed by atoms with Gasteiger partial charge in [0.15, 0.2) is 0 Å². The normalized spacial score (nSPS) is 24.0. The topological polar surface area (TPSA) is 3.24 Å². The highest BCUT2D eigenvalue weighted by molar-refractivity contribution is 6.32. The van der Waals surface area contributed by atoms with Crippen molar-refractivity contribution in [1.29, 1.82) is 0 Å². The summed E-state index contributed by atoms with van der Waals surface area (Å²) in [5.74, 6) is 1.21. The number of benzene rings is 1. The van der Waals surface area contributed by atoms with Crippen LogP contribution in [0.15, 0.2) is 18.2 Å². The number of hydrogen-bond donors (Lipinski definition) is 0. The van der Waals surface area contributed by atoms with Crippen molar-refractivity contribution in [1.82, 2.24) is 0 Å². The molecule has 1 saturated carbocycles. The average Bonchev–Trinajstić information content (AvgIpc) is 2.38. The fraction of sp³-hybridized carbons (Fsp3) is 0.600. The van der Waals surface area contributed by atoms with E-state index in [0.29, 0.717) is 11.9 Å². The van der Waals surface area contributed by atoms with E-state index in [1.54, 1.807) is 0 Å². The van der Waals surface area contributed by atoms with Crippen LogP contribution in [0, 0.1) is 5.92 Å². The van der Waals surface area contributed by atoms with Crippen molar-refractivity contribution >= 4 is 28.9 Å². The highest BCUT2D eigenvalue weighted by atomic mass is 35.5. The lowest BCUT2D eigenvalue weighted by atomic mass is 9.84. The van der Waals surface area contributed by atoms with E-state index in [9.17, 15) is 0 Å². The SMILES string of the molecule is CC1CCCCC1N(C)c1cccc(Cl)c1CCl. The van der Waals surface area contributed by atoms with Crippen LogP contribution in [-0.4, -0.2) is 13.1 Å². The molecule has 0 N–H and O–H groups in total. The summed E-state index contributed by atoms with van der Waals surface area (Å²) in [5, 5.41) is 0.776. The van der Waals surface area contributed by atoms with E-state index in [0.717, 1.165) is 16.5 Å². The predicted octanol–water partition coefficient (Wildman–Crippen LogP) is 5.09. The van der Waals surface area contributed by atoms with Gasteiger partial charge < -0.3 is 4.90 Å². The Morgan fingerprint density at radius 1 is 1.28 bits per heavy atom. The van der Waals surface area contributed by atoms with Crippen LogP contribution in [0.25, 0.3) is 0 Å². The molecule has 0 saturated heterocycles.